The number of carbonyl (C=O) groups is 3. The molecule has 8 heteroatoms. The third-order valence-electron chi connectivity index (χ3n) is 4.71. The van der Waals surface area contributed by atoms with Crippen LogP contribution in [0.2, 0.25) is 0 Å². The first-order chi connectivity index (χ1) is 14.5. The monoisotopic (exact) mass is 402 g/mol. The summed E-state index contributed by atoms with van der Waals surface area (Å²) in [7, 11) is 0. The molecule has 2 heterocycles. The molecule has 2 aromatic carbocycles. The topological polar surface area (TPSA) is 120 Å². The number of fused-ring (bicyclic) bond motifs is 1. The summed E-state index contributed by atoms with van der Waals surface area (Å²) in [6.45, 7) is 0. The van der Waals surface area contributed by atoms with Gasteiger partial charge in [0.1, 0.15) is 29.3 Å². The van der Waals surface area contributed by atoms with Crippen molar-refractivity contribution in [2.45, 2.75) is 12.5 Å². The van der Waals surface area contributed by atoms with Crippen molar-refractivity contribution in [1.29, 1.82) is 0 Å². The summed E-state index contributed by atoms with van der Waals surface area (Å²) in [6.07, 6.45) is 3.11. The summed E-state index contributed by atoms with van der Waals surface area (Å²) in [5.41, 5.74) is 7.40. The Kier molecular flexibility index (Phi) is 5.13. The van der Waals surface area contributed by atoms with Crippen molar-refractivity contribution < 1.29 is 18.8 Å². The molecule has 0 aliphatic heterocycles. The van der Waals surface area contributed by atoms with Crippen LogP contribution in [0.3, 0.4) is 0 Å². The standard InChI is InChI=1S/C22H18N4O4/c23-21(28)20(27)16(12-14-6-2-1-3-7-14)25-22(29)17-10-11-24-26(17)18-13-30-19-9-5-4-8-15(18)19/h1-11,13,16H,12H2,(H2,23,28)(H,25,29). The Bertz CT molecular complexity index is 1230. The van der Waals surface area contributed by atoms with Gasteiger partial charge >= 0.3 is 0 Å². The fourth-order valence-electron chi connectivity index (χ4n) is 3.26. The van der Waals surface area contributed by atoms with Crippen molar-refractivity contribution >= 4 is 28.6 Å². The van der Waals surface area contributed by atoms with Gasteiger partial charge in [-0.15, -0.1) is 0 Å². The molecular weight excluding hydrogens is 384 g/mol. The number of primary amides is 1. The van der Waals surface area contributed by atoms with Crippen LogP contribution in [0.25, 0.3) is 16.7 Å². The van der Waals surface area contributed by atoms with Crippen molar-refractivity contribution in [2.75, 3.05) is 0 Å². The SMILES string of the molecule is NC(=O)C(=O)C(Cc1ccccc1)NC(=O)c1ccnn1-c1coc2ccccc12. The maximum absolute atomic E-state index is 13.0. The molecule has 150 valence electrons. The molecule has 1 atom stereocenters. The zero-order chi connectivity index (χ0) is 21.1. The number of nitrogens with two attached hydrogens (primary N) is 1. The summed E-state index contributed by atoms with van der Waals surface area (Å²) in [6, 6.07) is 16.8. The summed E-state index contributed by atoms with van der Waals surface area (Å²) >= 11 is 0. The van der Waals surface area contributed by atoms with Crippen molar-refractivity contribution in [1.82, 2.24) is 15.1 Å². The van der Waals surface area contributed by atoms with Gasteiger partial charge in [0.25, 0.3) is 11.8 Å². The molecule has 0 aliphatic rings. The van der Waals surface area contributed by atoms with Gasteiger partial charge in [0.05, 0.1) is 6.20 Å². The average molecular weight is 402 g/mol. The van der Waals surface area contributed by atoms with Gasteiger partial charge < -0.3 is 15.5 Å². The molecule has 2 amide bonds. The minimum atomic E-state index is -1.11. The van der Waals surface area contributed by atoms with Crippen LogP contribution in [0.5, 0.6) is 0 Å². The van der Waals surface area contributed by atoms with Gasteiger partial charge in [-0.2, -0.15) is 5.10 Å². The minimum Gasteiger partial charge on any atom is -0.462 e. The lowest BCUT2D eigenvalue weighted by Crippen LogP contribution is -2.47. The number of amides is 2. The first-order valence-corrected chi connectivity index (χ1v) is 9.23. The Balaban J connectivity index is 1.63. The lowest BCUT2D eigenvalue weighted by molar-refractivity contribution is -0.137. The summed E-state index contributed by atoms with van der Waals surface area (Å²) in [5.74, 6) is -2.54. The van der Waals surface area contributed by atoms with Gasteiger partial charge in [0.2, 0.25) is 5.78 Å². The van der Waals surface area contributed by atoms with Crippen LogP contribution in [0.15, 0.2) is 77.5 Å². The second-order valence-corrected chi connectivity index (χ2v) is 6.69. The minimum absolute atomic E-state index is 0.136. The number of aromatic nitrogens is 2. The van der Waals surface area contributed by atoms with Crippen LogP contribution in [0.4, 0.5) is 0 Å². The number of hydrogen-bond donors (Lipinski definition) is 2. The lowest BCUT2D eigenvalue weighted by atomic mass is 10.0. The maximum atomic E-state index is 13.0. The molecule has 4 rings (SSSR count). The van der Waals surface area contributed by atoms with E-state index in [1.54, 1.807) is 12.1 Å². The predicted octanol–water partition coefficient (Wildman–Crippen LogP) is 2.01. The van der Waals surface area contributed by atoms with Gasteiger partial charge in [-0.25, -0.2) is 4.68 Å². The van der Waals surface area contributed by atoms with Crippen molar-refractivity contribution in [3.63, 3.8) is 0 Å². The number of nitrogens with one attached hydrogen (secondary N) is 1. The van der Waals surface area contributed by atoms with Gasteiger partial charge in [0.15, 0.2) is 0 Å². The van der Waals surface area contributed by atoms with E-state index in [2.05, 4.69) is 10.4 Å². The molecule has 0 saturated carbocycles. The van der Waals surface area contributed by atoms with Crippen LogP contribution >= 0.6 is 0 Å². The number of Topliss-reactive ketones (excluding diaryl/α,β-unsaturated/α-hetero) is 1. The van der Waals surface area contributed by atoms with Gasteiger partial charge in [-0.1, -0.05) is 42.5 Å². The van der Waals surface area contributed by atoms with E-state index >= 15 is 0 Å². The highest BCUT2D eigenvalue weighted by molar-refractivity contribution is 6.38. The van der Waals surface area contributed by atoms with Crippen molar-refractivity contribution in [3.05, 3.63) is 84.4 Å². The number of ketones is 1. The molecule has 0 radical (unpaired) electrons. The molecule has 0 saturated heterocycles. The second kappa shape index (κ2) is 8.04. The molecule has 8 nitrogen and oxygen atoms in total. The van der Waals surface area contributed by atoms with Crippen molar-refractivity contribution in [2.24, 2.45) is 5.73 Å². The van der Waals surface area contributed by atoms with Crippen molar-refractivity contribution in [3.8, 4) is 5.69 Å². The smallest absolute Gasteiger partial charge is 0.287 e. The van der Waals surface area contributed by atoms with Crippen LogP contribution in [-0.4, -0.2) is 33.4 Å². The molecule has 4 aromatic rings. The molecule has 0 fully saturated rings. The number of benzene rings is 2. The highest BCUT2D eigenvalue weighted by atomic mass is 16.3. The van der Waals surface area contributed by atoms with Crippen LogP contribution in [0, 0.1) is 0 Å². The van der Waals surface area contributed by atoms with E-state index in [0.29, 0.717) is 11.3 Å². The van der Waals surface area contributed by atoms with Crippen LogP contribution in [-0.2, 0) is 16.0 Å². The zero-order valence-corrected chi connectivity index (χ0v) is 15.8. The van der Waals surface area contributed by atoms with E-state index < -0.39 is 23.6 Å². The highest BCUT2D eigenvalue weighted by Gasteiger charge is 2.27. The van der Waals surface area contributed by atoms with Crippen LogP contribution in [0.1, 0.15) is 16.1 Å². The molecule has 1 unspecified atom stereocenters. The molecule has 0 bridgehead atoms. The Morgan fingerprint density at radius 3 is 2.53 bits per heavy atom. The van der Waals surface area contributed by atoms with E-state index in [-0.39, 0.29) is 12.1 Å². The highest BCUT2D eigenvalue weighted by Crippen LogP contribution is 2.24. The third-order valence-corrected chi connectivity index (χ3v) is 4.71. The molecule has 3 N–H and O–H groups in total. The number of nitrogens with zero attached hydrogens (tertiary/aromatic N) is 2. The molecule has 30 heavy (non-hydrogen) atoms. The number of carbonyl (C=O) groups excluding carboxylic acids is 3. The quantitative estimate of drug-likeness (QED) is 0.458. The predicted molar refractivity (Wildman–Crippen MR) is 109 cm³/mol. The first-order valence-electron chi connectivity index (χ1n) is 9.23. The third kappa shape index (κ3) is 3.70. The molecule has 0 spiro atoms. The zero-order valence-electron chi connectivity index (χ0n) is 15.8. The van der Waals surface area contributed by atoms with E-state index in [9.17, 15) is 14.4 Å². The largest absolute Gasteiger partial charge is 0.462 e. The number of furan rings is 1. The number of rotatable bonds is 7. The Morgan fingerprint density at radius 2 is 1.77 bits per heavy atom. The fourth-order valence-corrected chi connectivity index (χ4v) is 3.26. The van der Waals surface area contributed by atoms with E-state index in [0.717, 1.165) is 10.9 Å². The van der Waals surface area contributed by atoms with E-state index in [1.165, 1.54) is 23.2 Å². The number of para-hydroxylation sites is 1. The Labute approximate surface area is 171 Å². The molecule has 2 aromatic heterocycles. The Morgan fingerprint density at radius 1 is 1.03 bits per heavy atom. The van der Waals surface area contributed by atoms with E-state index in [4.69, 9.17) is 10.2 Å². The van der Waals surface area contributed by atoms with Crippen LogP contribution < -0.4 is 11.1 Å². The van der Waals surface area contributed by atoms with E-state index in [1.807, 2.05) is 42.5 Å². The lowest BCUT2D eigenvalue weighted by Gasteiger charge is -2.16. The van der Waals surface area contributed by atoms with Gasteiger partial charge in [-0.3, -0.25) is 14.4 Å². The average Bonchev–Trinajstić information content (AvgIpc) is 3.40. The Hall–Kier alpha value is -4.20. The summed E-state index contributed by atoms with van der Waals surface area (Å²) in [5, 5.41) is 7.62. The first kappa shape index (κ1) is 19.1. The molecule has 0 aliphatic carbocycles. The summed E-state index contributed by atoms with van der Waals surface area (Å²) in [4.78, 5) is 36.8. The maximum Gasteiger partial charge on any atom is 0.287 e. The second-order valence-electron chi connectivity index (χ2n) is 6.69. The van der Waals surface area contributed by atoms with Gasteiger partial charge in [0, 0.05) is 11.8 Å². The summed E-state index contributed by atoms with van der Waals surface area (Å²) < 4.78 is 6.96. The molecular formula is C22H18N4O4. The fraction of sp³-hybridized carbons (Fsp3) is 0.0909. The van der Waals surface area contributed by atoms with Gasteiger partial charge in [-0.05, 0) is 23.8 Å². The number of hydrogen-bond acceptors (Lipinski definition) is 5. The normalized spacial score (nSPS) is 11.9.